The summed E-state index contributed by atoms with van der Waals surface area (Å²) in [5, 5.41) is 14.5. The molecule has 0 saturated carbocycles. The van der Waals surface area contributed by atoms with Crippen LogP contribution in [0.5, 0.6) is 5.75 Å². The molecule has 0 saturated heterocycles. The number of thioether (sulfide) groups is 1. The Morgan fingerprint density at radius 3 is 2.83 bits per heavy atom. The van der Waals surface area contributed by atoms with Crippen molar-refractivity contribution in [3.05, 3.63) is 76.8 Å². The van der Waals surface area contributed by atoms with Gasteiger partial charge in [0.1, 0.15) is 5.75 Å². The van der Waals surface area contributed by atoms with Crippen LogP contribution in [0, 0.1) is 6.92 Å². The minimum Gasteiger partial charge on any atom is -0.484 e. The predicted octanol–water partition coefficient (Wildman–Crippen LogP) is 5.96. The summed E-state index contributed by atoms with van der Waals surface area (Å²) >= 11 is 8.94. The Kier molecular flexibility index (Phi) is 6.52. The van der Waals surface area contributed by atoms with Crippen LogP contribution in [0.1, 0.15) is 11.1 Å². The highest BCUT2D eigenvalue weighted by Crippen LogP contribution is 2.30. The maximum absolute atomic E-state index is 12.1. The van der Waals surface area contributed by atoms with Crippen LogP contribution >= 0.6 is 34.7 Å². The van der Waals surface area contributed by atoms with Crippen molar-refractivity contribution in [3.63, 3.8) is 0 Å². The molecule has 3 aromatic carbocycles. The number of nitrogens with one attached hydrogen (secondary N) is 1. The van der Waals surface area contributed by atoms with E-state index in [0.717, 1.165) is 15.7 Å². The molecule has 4 rings (SSSR count). The number of hydrogen-bond donors (Lipinski definition) is 1. The zero-order valence-electron chi connectivity index (χ0n) is 16.1. The second kappa shape index (κ2) is 9.47. The Morgan fingerprint density at radius 2 is 1.97 bits per heavy atom. The van der Waals surface area contributed by atoms with E-state index >= 15 is 0 Å². The Hall–Kier alpha value is -2.61. The van der Waals surface area contributed by atoms with Crippen molar-refractivity contribution in [1.29, 1.82) is 0 Å². The molecule has 0 atom stereocenters. The third-order valence-electron chi connectivity index (χ3n) is 4.38. The van der Waals surface area contributed by atoms with E-state index in [2.05, 4.69) is 45.8 Å². The summed E-state index contributed by atoms with van der Waals surface area (Å²) in [5.41, 5.74) is 2.14. The molecule has 0 aliphatic heterocycles. The molecule has 4 aromatic rings. The summed E-state index contributed by atoms with van der Waals surface area (Å²) in [4.78, 5) is 12.1. The van der Waals surface area contributed by atoms with Crippen LogP contribution in [0.25, 0.3) is 10.8 Å². The van der Waals surface area contributed by atoms with E-state index in [4.69, 9.17) is 16.3 Å². The Morgan fingerprint density at radius 1 is 1.13 bits per heavy atom. The lowest BCUT2D eigenvalue weighted by atomic mass is 10.1. The topological polar surface area (TPSA) is 64.1 Å². The van der Waals surface area contributed by atoms with Crippen molar-refractivity contribution in [2.24, 2.45) is 0 Å². The van der Waals surface area contributed by atoms with Crippen LogP contribution in [0.15, 0.2) is 65.0 Å². The molecule has 30 heavy (non-hydrogen) atoms. The molecule has 0 bridgehead atoms. The Bertz CT molecular complexity index is 1190. The quantitative estimate of drug-likeness (QED) is 0.275. The number of anilines is 1. The summed E-state index contributed by atoms with van der Waals surface area (Å²) in [6, 6.07) is 19.9. The first-order chi connectivity index (χ1) is 14.6. The van der Waals surface area contributed by atoms with Gasteiger partial charge in [-0.3, -0.25) is 10.1 Å². The van der Waals surface area contributed by atoms with E-state index < -0.39 is 0 Å². The lowest BCUT2D eigenvalue weighted by molar-refractivity contribution is -0.118. The number of aryl methyl sites for hydroxylation is 1. The van der Waals surface area contributed by atoms with Crippen LogP contribution in [0.2, 0.25) is 5.02 Å². The zero-order chi connectivity index (χ0) is 20.9. The van der Waals surface area contributed by atoms with Gasteiger partial charge in [-0.05, 0) is 47.0 Å². The summed E-state index contributed by atoms with van der Waals surface area (Å²) in [5.74, 6) is 1.09. The fourth-order valence-electron chi connectivity index (χ4n) is 2.89. The molecule has 0 fully saturated rings. The number of benzene rings is 3. The number of amides is 1. The van der Waals surface area contributed by atoms with E-state index in [-0.39, 0.29) is 12.5 Å². The van der Waals surface area contributed by atoms with E-state index in [0.29, 0.717) is 15.9 Å². The Labute approximate surface area is 187 Å². The number of halogens is 1. The van der Waals surface area contributed by atoms with Crippen molar-refractivity contribution in [2.75, 3.05) is 11.9 Å². The van der Waals surface area contributed by atoms with Crippen LogP contribution < -0.4 is 10.1 Å². The summed E-state index contributed by atoms with van der Waals surface area (Å²) < 4.78 is 6.31. The number of hydrogen-bond acceptors (Lipinski definition) is 6. The molecule has 0 unspecified atom stereocenters. The maximum atomic E-state index is 12.1. The lowest BCUT2D eigenvalue weighted by Crippen LogP contribution is -2.20. The lowest BCUT2D eigenvalue weighted by Gasteiger charge is -2.07. The fraction of sp³-hybridized carbons (Fsp3) is 0.136. The van der Waals surface area contributed by atoms with Gasteiger partial charge in [0, 0.05) is 10.8 Å². The molecular weight excluding hydrogens is 438 g/mol. The first kappa shape index (κ1) is 20.7. The molecule has 1 aromatic heterocycles. The molecule has 0 aliphatic carbocycles. The van der Waals surface area contributed by atoms with Gasteiger partial charge >= 0.3 is 0 Å². The Balaban J connectivity index is 1.31. The van der Waals surface area contributed by atoms with Gasteiger partial charge in [-0.25, -0.2) is 0 Å². The monoisotopic (exact) mass is 455 g/mol. The van der Waals surface area contributed by atoms with Gasteiger partial charge < -0.3 is 4.74 Å². The number of carbonyl (C=O) groups excluding carboxylic acids is 1. The van der Waals surface area contributed by atoms with Gasteiger partial charge in [0.25, 0.3) is 5.91 Å². The first-order valence-electron chi connectivity index (χ1n) is 9.20. The highest BCUT2D eigenvalue weighted by molar-refractivity contribution is 8.00. The second-order valence-corrected chi connectivity index (χ2v) is 9.16. The second-order valence-electron chi connectivity index (χ2n) is 6.55. The minimum atomic E-state index is -0.288. The first-order valence-corrected chi connectivity index (χ1v) is 11.4. The molecule has 8 heteroatoms. The molecule has 5 nitrogen and oxygen atoms in total. The van der Waals surface area contributed by atoms with Gasteiger partial charge in [0.05, 0.1) is 0 Å². The largest absolute Gasteiger partial charge is 0.484 e. The number of rotatable bonds is 7. The molecule has 152 valence electrons. The molecule has 1 heterocycles. The normalized spacial score (nSPS) is 10.9. The molecular formula is C22H18ClN3O2S2. The molecule has 1 N–H and O–H groups in total. The van der Waals surface area contributed by atoms with Gasteiger partial charge in [0.2, 0.25) is 5.13 Å². The fourth-order valence-corrected chi connectivity index (χ4v) is 4.78. The number of aromatic nitrogens is 2. The maximum Gasteiger partial charge on any atom is 0.264 e. The molecule has 1 amide bonds. The van der Waals surface area contributed by atoms with Gasteiger partial charge in [-0.2, -0.15) is 0 Å². The van der Waals surface area contributed by atoms with Crippen LogP contribution in [-0.4, -0.2) is 22.7 Å². The summed E-state index contributed by atoms with van der Waals surface area (Å²) in [6.07, 6.45) is 0. The predicted molar refractivity (Wildman–Crippen MR) is 124 cm³/mol. The average molecular weight is 456 g/mol. The minimum absolute atomic E-state index is 0.112. The smallest absolute Gasteiger partial charge is 0.264 e. The van der Waals surface area contributed by atoms with E-state index in [1.54, 1.807) is 30.0 Å². The van der Waals surface area contributed by atoms with Gasteiger partial charge in [-0.1, -0.05) is 77.2 Å². The van der Waals surface area contributed by atoms with Gasteiger partial charge in [0.15, 0.2) is 10.9 Å². The van der Waals surface area contributed by atoms with Crippen molar-refractivity contribution >= 4 is 56.5 Å². The zero-order valence-corrected chi connectivity index (χ0v) is 18.5. The van der Waals surface area contributed by atoms with E-state index in [1.165, 1.54) is 27.7 Å². The standard InChI is InChI=1S/C22H18ClN3O2S2/c1-14-11-17(9-10-19(14)23)28-12-20(27)24-21-25-26-22(30-21)29-13-16-7-4-6-15-5-2-3-8-18(15)16/h2-11H,12-13H2,1H3,(H,24,25,27). The van der Waals surface area contributed by atoms with Gasteiger partial charge in [-0.15, -0.1) is 10.2 Å². The summed E-state index contributed by atoms with van der Waals surface area (Å²) in [7, 11) is 0. The third kappa shape index (κ3) is 5.11. The molecule has 0 radical (unpaired) electrons. The molecule has 0 aliphatic rings. The van der Waals surface area contributed by atoms with Crippen LogP contribution in [0.3, 0.4) is 0 Å². The van der Waals surface area contributed by atoms with E-state index in [1.807, 2.05) is 19.1 Å². The van der Waals surface area contributed by atoms with Crippen LogP contribution in [0.4, 0.5) is 5.13 Å². The number of nitrogens with zero attached hydrogens (tertiary/aromatic N) is 2. The summed E-state index contributed by atoms with van der Waals surface area (Å²) in [6.45, 7) is 1.77. The third-order valence-corrected chi connectivity index (χ3v) is 6.83. The van der Waals surface area contributed by atoms with Crippen molar-refractivity contribution in [1.82, 2.24) is 10.2 Å². The van der Waals surface area contributed by atoms with E-state index in [9.17, 15) is 4.79 Å². The average Bonchev–Trinajstić information content (AvgIpc) is 3.20. The number of ether oxygens (including phenoxy) is 1. The SMILES string of the molecule is Cc1cc(OCC(=O)Nc2nnc(SCc3cccc4ccccc34)s2)ccc1Cl. The highest BCUT2D eigenvalue weighted by Gasteiger charge is 2.11. The van der Waals surface area contributed by atoms with Crippen molar-refractivity contribution in [2.45, 2.75) is 17.0 Å². The molecule has 0 spiro atoms. The van der Waals surface area contributed by atoms with Crippen molar-refractivity contribution < 1.29 is 9.53 Å². The number of carbonyl (C=O) groups is 1. The van der Waals surface area contributed by atoms with Crippen LogP contribution in [-0.2, 0) is 10.5 Å². The van der Waals surface area contributed by atoms with Crippen molar-refractivity contribution in [3.8, 4) is 5.75 Å². The highest BCUT2D eigenvalue weighted by atomic mass is 35.5. The number of fused-ring (bicyclic) bond motifs is 1.